The Balaban J connectivity index is 1.69. The van der Waals surface area contributed by atoms with E-state index in [-0.39, 0.29) is 5.56 Å². The van der Waals surface area contributed by atoms with Gasteiger partial charge in [0, 0.05) is 18.9 Å². The zero-order valence-corrected chi connectivity index (χ0v) is 15.2. The number of anilines is 1. The molecule has 1 aromatic heterocycles. The van der Waals surface area contributed by atoms with Crippen LogP contribution in [-0.2, 0) is 6.42 Å². The Hall–Kier alpha value is -2.79. The van der Waals surface area contributed by atoms with Crippen molar-refractivity contribution in [3.63, 3.8) is 0 Å². The first-order valence-electron chi connectivity index (χ1n) is 8.38. The number of aryl methyl sites for hydroxylation is 1. The molecule has 6 heteroatoms. The Morgan fingerprint density at radius 2 is 2.00 bits per heavy atom. The zero-order chi connectivity index (χ0) is 18.4. The summed E-state index contributed by atoms with van der Waals surface area (Å²) in [5, 5.41) is 3.58. The second-order valence-corrected chi connectivity index (χ2v) is 6.19. The van der Waals surface area contributed by atoms with E-state index in [1.54, 1.807) is 37.7 Å². The summed E-state index contributed by atoms with van der Waals surface area (Å²) in [6.07, 6.45) is 5.08. The molecular formula is C20H20ClN3O2. The Bertz CT molecular complexity index is 926. The van der Waals surface area contributed by atoms with Crippen molar-refractivity contribution < 1.29 is 4.74 Å². The smallest absolute Gasteiger partial charge is 0.297 e. The van der Waals surface area contributed by atoms with Gasteiger partial charge in [0.05, 0.1) is 17.8 Å². The summed E-state index contributed by atoms with van der Waals surface area (Å²) in [7, 11) is 1.55. The quantitative estimate of drug-likeness (QED) is 0.641. The van der Waals surface area contributed by atoms with Gasteiger partial charge in [-0.2, -0.15) is 0 Å². The number of ether oxygens (including phenoxy) is 1. The molecule has 0 aliphatic rings. The van der Waals surface area contributed by atoms with Gasteiger partial charge in [0.2, 0.25) is 0 Å². The van der Waals surface area contributed by atoms with Crippen molar-refractivity contribution in [3.05, 3.63) is 81.9 Å². The molecule has 0 saturated heterocycles. The van der Waals surface area contributed by atoms with E-state index in [2.05, 4.69) is 22.4 Å². The monoisotopic (exact) mass is 369 g/mol. The summed E-state index contributed by atoms with van der Waals surface area (Å²) in [5.74, 6) is 0.893. The lowest BCUT2D eigenvalue weighted by Gasteiger charge is -2.11. The molecule has 2 aromatic carbocycles. The highest BCUT2D eigenvalue weighted by Crippen LogP contribution is 2.26. The average Bonchev–Trinajstić information content (AvgIpc) is 2.67. The third-order valence-corrected chi connectivity index (χ3v) is 4.33. The van der Waals surface area contributed by atoms with E-state index < -0.39 is 0 Å². The number of hydrogen-bond acceptors (Lipinski definition) is 4. The Morgan fingerprint density at radius 1 is 1.19 bits per heavy atom. The van der Waals surface area contributed by atoms with Crippen LogP contribution in [0.3, 0.4) is 0 Å². The minimum absolute atomic E-state index is 0.214. The van der Waals surface area contributed by atoms with Gasteiger partial charge < -0.3 is 10.1 Å². The summed E-state index contributed by atoms with van der Waals surface area (Å²) in [5.41, 5.74) is 1.73. The van der Waals surface area contributed by atoms with Crippen LogP contribution in [0.5, 0.6) is 5.75 Å². The standard InChI is InChI=1S/C20H20ClN3O2/c1-26-18-10-9-16(14-17(18)21)24-13-12-23-19(20(24)25)22-11-5-8-15-6-3-2-4-7-15/h2-4,6-7,9-10,12-14H,5,8,11H2,1H3,(H,22,23). The molecule has 5 nitrogen and oxygen atoms in total. The van der Waals surface area contributed by atoms with Gasteiger partial charge >= 0.3 is 0 Å². The molecule has 0 radical (unpaired) electrons. The van der Waals surface area contributed by atoms with Crippen LogP contribution in [0.4, 0.5) is 5.82 Å². The molecule has 0 atom stereocenters. The molecule has 26 heavy (non-hydrogen) atoms. The topological polar surface area (TPSA) is 56.1 Å². The molecule has 3 rings (SSSR count). The lowest BCUT2D eigenvalue weighted by molar-refractivity contribution is 0.415. The summed E-state index contributed by atoms with van der Waals surface area (Å²) in [6.45, 7) is 0.671. The highest BCUT2D eigenvalue weighted by atomic mass is 35.5. The maximum absolute atomic E-state index is 12.7. The van der Waals surface area contributed by atoms with Gasteiger partial charge in [0.25, 0.3) is 5.56 Å². The number of rotatable bonds is 7. The maximum Gasteiger partial charge on any atom is 0.297 e. The van der Waals surface area contributed by atoms with Crippen LogP contribution in [0.2, 0.25) is 5.02 Å². The number of aromatic nitrogens is 2. The van der Waals surface area contributed by atoms with Crippen molar-refractivity contribution in [3.8, 4) is 11.4 Å². The molecule has 0 unspecified atom stereocenters. The van der Waals surface area contributed by atoms with Crippen molar-refractivity contribution in [2.75, 3.05) is 19.0 Å². The second-order valence-electron chi connectivity index (χ2n) is 5.79. The number of hydrogen-bond donors (Lipinski definition) is 1. The maximum atomic E-state index is 12.7. The third kappa shape index (κ3) is 4.24. The molecule has 0 bridgehead atoms. The molecule has 3 aromatic rings. The molecule has 0 amide bonds. The molecule has 1 heterocycles. The Morgan fingerprint density at radius 3 is 2.73 bits per heavy atom. The highest BCUT2D eigenvalue weighted by molar-refractivity contribution is 6.32. The van der Waals surface area contributed by atoms with E-state index >= 15 is 0 Å². The van der Waals surface area contributed by atoms with Crippen molar-refractivity contribution in [2.45, 2.75) is 12.8 Å². The van der Waals surface area contributed by atoms with Crippen LogP contribution in [0.15, 0.2) is 65.7 Å². The van der Waals surface area contributed by atoms with Crippen molar-refractivity contribution >= 4 is 17.4 Å². The molecule has 0 aliphatic heterocycles. The molecular weight excluding hydrogens is 350 g/mol. The van der Waals surface area contributed by atoms with Gasteiger partial charge in [0.15, 0.2) is 5.82 Å². The van der Waals surface area contributed by atoms with E-state index in [4.69, 9.17) is 16.3 Å². The minimum Gasteiger partial charge on any atom is -0.495 e. The van der Waals surface area contributed by atoms with Gasteiger partial charge in [-0.25, -0.2) is 4.98 Å². The van der Waals surface area contributed by atoms with E-state index in [9.17, 15) is 4.79 Å². The van der Waals surface area contributed by atoms with Crippen LogP contribution in [-0.4, -0.2) is 23.2 Å². The number of halogens is 1. The molecule has 0 aliphatic carbocycles. The fraction of sp³-hybridized carbons (Fsp3) is 0.200. The van der Waals surface area contributed by atoms with Gasteiger partial charge in [0.1, 0.15) is 5.75 Å². The van der Waals surface area contributed by atoms with Gasteiger partial charge in [-0.3, -0.25) is 9.36 Å². The zero-order valence-electron chi connectivity index (χ0n) is 14.5. The first kappa shape index (κ1) is 18.0. The van der Waals surface area contributed by atoms with E-state index in [1.807, 2.05) is 18.2 Å². The number of nitrogens with zero attached hydrogens (tertiary/aromatic N) is 2. The van der Waals surface area contributed by atoms with Crippen molar-refractivity contribution in [1.29, 1.82) is 0 Å². The molecule has 1 N–H and O–H groups in total. The van der Waals surface area contributed by atoms with Crippen LogP contribution in [0.1, 0.15) is 12.0 Å². The lowest BCUT2D eigenvalue weighted by Crippen LogP contribution is -2.23. The molecule has 134 valence electrons. The average molecular weight is 370 g/mol. The fourth-order valence-corrected chi connectivity index (χ4v) is 2.94. The summed E-state index contributed by atoms with van der Waals surface area (Å²) in [6, 6.07) is 15.5. The van der Waals surface area contributed by atoms with Crippen molar-refractivity contribution in [2.24, 2.45) is 0 Å². The largest absolute Gasteiger partial charge is 0.495 e. The number of benzene rings is 2. The molecule has 0 spiro atoms. The van der Waals surface area contributed by atoms with Crippen LogP contribution < -0.4 is 15.6 Å². The summed E-state index contributed by atoms with van der Waals surface area (Å²) >= 11 is 6.16. The van der Waals surface area contributed by atoms with Crippen LogP contribution in [0, 0.1) is 0 Å². The second kappa shape index (κ2) is 8.54. The fourth-order valence-electron chi connectivity index (χ4n) is 2.69. The molecule has 0 saturated carbocycles. The van der Waals surface area contributed by atoms with Gasteiger partial charge in [-0.15, -0.1) is 0 Å². The van der Waals surface area contributed by atoms with Crippen LogP contribution in [0.25, 0.3) is 5.69 Å². The predicted octanol–water partition coefficient (Wildman–Crippen LogP) is 3.94. The Labute approximate surface area is 157 Å². The SMILES string of the molecule is COc1ccc(-n2ccnc(NCCCc3ccccc3)c2=O)cc1Cl. The Kier molecular flexibility index (Phi) is 5.92. The van der Waals surface area contributed by atoms with Gasteiger partial charge in [-0.1, -0.05) is 41.9 Å². The third-order valence-electron chi connectivity index (χ3n) is 4.03. The summed E-state index contributed by atoms with van der Waals surface area (Å²) < 4.78 is 6.66. The van der Waals surface area contributed by atoms with Gasteiger partial charge in [-0.05, 0) is 36.6 Å². The van der Waals surface area contributed by atoms with Crippen LogP contribution >= 0.6 is 11.6 Å². The first-order chi connectivity index (χ1) is 12.7. The lowest BCUT2D eigenvalue weighted by atomic mass is 10.1. The first-order valence-corrected chi connectivity index (χ1v) is 8.76. The van der Waals surface area contributed by atoms with Crippen molar-refractivity contribution in [1.82, 2.24) is 9.55 Å². The predicted molar refractivity (Wildman–Crippen MR) is 105 cm³/mol. The summed E-state index contributed by atoms with van der Waals surface area (Å²) in [4.78, 5) is 16.8. The number of nitrogens with one attached hydrogen (secondary N) is 1. The highest BCUT2D eigenvalue weighted by Gasteiger charge is 2.08. The normalized spacial score (nSPS) is 10.5. The minimum atomic E-state index is -0.214. The van der Waals surface area contributed by atoms with E-state index in [0.29, 0.717) is 28.8 Å². The van der Waals surface area contributed by atoms with E-state index in [1.165, 1.54) is 10.1 Å². The molecule has 0 fully saturated rings. The van der Waals surface area contributed by atoms with E-state index in [0.717, 1.165) is 12.8 Å². The number of methoxy groups -OCH3 is 1.